The van der Waals surface area contributed by atoms with Gasteiger partial charge in [-0.2, -0.15) is 13.2 Å². The van der Waals surface area contributed by atoms with Crippen LogP contribution in [0.1, 0.15) is 12.8 Å². The molecule has 0 aromatic carbocycles. The molecule has 0 amide bonds. The highest BCUT2D eigenvalue weighted by Gasteiger charge is 2.40. The maximum absolute atomic E-state index is 11.7. The molecule has 0 saturated carbocycles. The number of halogens is 3. The molecule has 1 heterocycles. The maximum Gasteiger partial charge on any atom is 0.403 e. The lowest BCUT2D eigenvalue weighted by Gasteiger charge is -2.13. The van der Waals surface area contributed by atoms with E-state index in [0.717, 1.165) is 0 Å². The molecule has 1 nitrogen and oxygen atoms in total. The first-order chi connectivity index (χ1) is 4.11. The molecule has 0 aromatic heterocycles. The fourth-order valence-corrected chi connectivity index (χ4v) is 0.817. The summed E-state index contributed by atoms with van der Waals surface area (Å²) in [4.78, 5) is 0. The largest absolute Gasteiger partial charge is 0.403 e. The molecule has 1 radical (unpaired) electrons. The smallest absolute Gasteiger partial charge is 0.302 e. The Labute approximate surface area is 51.2 Å². The molecule has 53 valence electrons. The minimum Gasteiger partial charge on any atom is -0.302 e. The zero-order chi connectivity index (χ0) is 6.91. The molecule has 1 saturated heterocycles. The summed E-state index contributed by atoms with van der Waals surface area (Å²) in [5, 5.41) is 2.25. The molecule has 0 aromatic rings. The van der Waals surface area contributed by atoms with E-state index >= 15 is 0 Å². The summed E-state index contributed by atoms with van der Waals surface area (Å²) in [6, 6.07) is -1.29. The van der Waals surface area contributed by atoms with Crippen LogP contribution in [-0.4, -0.2) is 12.2 Å². The zero-order valence-electron chi connectivity index (χ0n) is 4.70. The van der Waals surface area contributed by atoms with Gasteiger partial charge in [-0.1, -0.05) is 0 Å². The van der Waals surface area contributed by atoms with Crippen molar-refractivity contribution in [3.63, 3.8) is 0 Å². The maximum atomic E-state index is 11.7. The van der Waals surface area contributed by atoms with Gasteiger partial charge in [-0.05, 0) is 12.8 Å². The second kappa shape index (κ2) is 2.17. The minimum atomic E-state index is -4.06. The fraction of sp³-hybridized carbons (Fsp3) is 0.800. The number of rotatable bonds is 0. The van der Waals surface area contributed by atoms with Gasteiger partial charge in [0, 0.05) is 6.54 Å². The van der Waals surface area contributed by atoms with Gasteiger partial charge in [-0.25, -0.2) is 0 Å². The van der Waals surface area contributed by atoms with E-state index < -0.39 is 12.2 Å². The van der Waals surface area contributed by atoms with Crippen LogP contribution in [0.2, 0.25) is 0 Å². The van der Waals surface area contributed by atoms with E-state index in [9.17, 15) is 13.2 Å². The zero-order valence-corrected chi connectivity index (χ0v) is 4.70. The SMILES string of the molecule is FC(F)(F)C1CC[CH]N1. The summed E-state index contributed by atoms with van der Waals surface area (Å²) in [6.07, 6.45) is -3.36. The van der Waals surface area contributed by atoms with Gasteiger partial charge in [0.25, 0.3) is 0 Å². The van der Waals surface area contributed by atoms with Gasteiger partial charge < -0.3 is 5.32 Å². The molecule has 1 atom stereocenters. The predicted octanol–water partition coefficient (Wildman–Crippen LogP) is 1.46. The Morgan fingerprint density at radius 1 is 1.44 bits per heavy atom. The first-order valence-electron chi connectivity index (χ1n) is 2.75. The normalized spacial score (nSPS) is 29.0. The topological polar surface area (TPSA) is 12.0 Å². The molecule has 1 aliphatic heterocycles. The Morgan fingerprint density at radius 2 is 2.11 bits per heavy atom. The van der Waals surface area contributed by atoms with E-state index in [1.54, 1.807) is 0 Å². The molecule has 4 heteroatoms. The average molecular weight is 138 g/mol. The Balaban J connectivity index is 2.42. The summed E-state index contributed by atoms with van der Waals surface area (Å²) >= 11 is 0. The van der Waals surface area contributed by atoms with Crippen LogP contribution in [0.25, 0.3) is 0 Å². The molecule has 0 spiro atoms. The second-order valence-corrected chi connectivity index (χ2v) is 2.04. The van der Waals surface area contributed by atoms with Crippen LogP contribution in [0.5, 0.6) is 0 Å². The van der Waals surface area contributed by atoms with Gasteiger partial charge in [-0.15, -0.1) is 0 Å². The molecule has 1 N–H and O–H groups in total. The van der Waals surface area contributed by atoms with Crippen molar-refractivity contribution in [2.75, 3.05) is 0 Å². The van der Waals surface area contributed by atoms with Crippen molar-refractivity contribution in [3.8, 4) is 0 Å². The lowest BCUT2D eigenvalue weighted by atomic mass is 10.2. The van der Waals surface area contributed by atoms with E-state index in [2.05, 4.69) is 5.32 Å². The van der Waals surface area contributed by atoms with Crippen LogP contribution in [0.4, 0.5) is 13.2 Å². The highest BCUT2D eigenvalue weighted by atomic mass is 19.4. The van der Waals surface area contributed by atoms with Crippen LogP contribution in [0.3, 0.4) is 0 Å². The van der Waals surface area contributed by atoms with E-state index in [4.69, 9.17) is 0 Å². The first kappa shape index (κ1) is 6.86. The van der Waals surface area contributed by atoms with Gasteiger partial charge >= 0.3 is 6.18 Å². The van der Waals surface area contributed by atoms with Crippen LogP contribution in [-0.2, 0) is 0 Å². The molecule has 0 bridgehead atoms. The summed E-state index contributed by atoms with van der Waals surface area (Å²) in [5.74, 6) is 0. The van der Waals surface area contributed by atoms with Gasteiger partial charge in [0.2, 0.25) is 0 Å². The molecule has 9 heavy (non-hydrogen) atoms. The van der Waals surface area contributed by atoms with Crippen LogP contribution >= 0.6 is 0 Å². The van der Waals surface area contributed by atoms with Gasteiger partial charge in [-0.3, -0.25) is 0 Å². The van der Waals surface area contributed by atoms with Gasteiger partial charge in [0.1, 0.15) is 6.04 Å². The Hall–Kier alpha value is -0.250. The summed E-state index contributed by atoms with van der Waals surface area (Å²) in [6.45, 7) is 1.46. The van der Waals surface area contributed by atoms with E-state index in [1.807, 2.05) is 0 Å². The van der Waals surface area contributed by atoms with Gasteiger partial charge in [0.05, 0.1) is 0 Å². The lowest BCUT2D eigenvalue weighted by molar-refractivity contribution is -0.151. The average Bonchev–Trinajstić information content (AvgIpc) is 2.08. The molecular weight excluding hydrogens is 131 g/mol. The predicted molar refractivity (Wildman–Crippen MR) is 26.5 cm³/mol. The third-order valence-electron chi connectivity index (χ3n) is 1.31. The van der Waals surface area contributed by atoms with Crippen molar-refractivity contribution >= 4 is 0 Å². The number of nitrogens with one attached hydrogen (secondary N) is 1. The number of alkyl halides is 3. The van der Waals surface area contributed by atoms with E-state index in [0.29, 0.717) is 6.42 Å². The highest BCUT2D eigenvalue weighted by molar-refractivity contribution is 4.86. The Morgan fingerprint density at radius 3 is 2.33 bits per heavy atom. The quantitative estimate of drug-likeness (QED) is 0.534. The van der Waals surface area contributed by atoms with Crippen molar-refractivity contribution in [2.45, 2.75) is 25.1 Å². The number of hydrogen-bond donors (Lipinski definition) is 1. The Kier molecular flexibility index (Phi) is 1.66. The third-order valence-corrected chi connectivity index (χ3v) is 1.31. The molecule has 1 rings (SSSR count). The highest BCUT2D eigenvalue weighted by Crippen LogP contribution is 2.26. The standard InChI is InChI=1S/C5H7F3N/c6-5(7,8)4-2-1-3-9-4/h3-4,9H,1-2H2. The van der Waals surface area contributed by atoms with Crippen LogP contribution < -0.4 is 5.32 Å². The van der Waals surface area contributed by atoms with Crippen molar-refractivity contribution < 1.29 is 13.2 Å². The second-order valence-electron chi connectivity index (χ2n) is 2.04. The first-order valence-corrected chi connectivity index (χ1v) is 2.75. The van der Waals surface area contributed by atoms with Crippen molar-refractivity contribution in [2.24, 2.45) is 0 Å². The van der Waals surface area contributed by atoms with Crippen LogP contribution in [0.15, 0.2) is 0 Å². The lowest BCUT2D eigenvalue weighted by Crippen LogP contribution is -2.35. The van der Waals surface area contributed by atoms with Crippen molar-refractivity contribution in [1.82, 2.24) is 5.32 Å². The van der Waals surface area contributed by atoms with Gasteiger partial charge in [0.15, 0.2) is 0 Å². The molecule has 1 aliphatic rings. The van der Waals surface area contributed by atoms with Crippen molar-refractivity contribution in [1.29, 1.82) is 0 Å². The fourth-order valence-electron chi connectivity index (χ4n) is 0.817. The summed E-state index contributed by atoms with van der Waals surface area (Å²) in [7, 11) is 0. The van der Waals surface area contributed by atoms with Crippen molar-refractivity contribution in [3.05, 3.63) is 6.54 Å². The Bertz CT molecular complexity index is 92.9. The summed E-state index contributed by atoms with van der Waals surface area (Å²) in [5.41, 5.74) is 0. The van der Waals surface area contributed by atoms with E-state index in [-0.39, 0.29) is 6.42 Å². The molecule has 1 fully saturated rings. The molecule has 1 unspecified atom stereocenters. The monoisotopic (exact) mass is 138 g/mol. The molecule has 0 aliphatic carbocycles. The summed E-state index contributed by atoms with van der Waals surface area (Å²) < 4.78 is 35.0. The minimum absolute atomic E-state index is 0.184. The third kappa shape index (κ3) is 1.58. The molecular formula is C5H7F3N. The van der Waals surface area contributed by atoms with E-state index in [1.165, 1.54) is 6.54 Å². The van der Waals surface area contributed by atoms with Crippen LogP contribution in [0, 0.1) is 6.54 Å². The number of hydrogen-bond acceptors (Lipinski definition) is 1.